The summed E-state index contributed by atoms with van der Waals surface area (Å²) in [6.45, 7) is 5.58. The van der Waals surface area contributed by atoms with E-state index in [1.807, 2.05) is 43.3 Å². The monoisotopic (exact) mass is 403 g/mol. The van der Waals surface area contributed by atoms with Gasteiger partial charge in [-0.3, -0.25) is 0 Å². The van der Waals surface area contributed by atoms with Gasteiger partial charge in [0.05, 0.1) is 11.1 Å². The third-order valence-electron chi connectivity index (χ3n) is 4.72. The van der Waals surface area contributed by atoms with Crippen molar-refractivity contribution in [3.8, 4) is 6.07 Å². The standard InChI is InChI=1S/C23H25N5S/c1-3-17-8-10-20(11-9-17)27-23(29)26-13-5-12-25-22-19(15-24)14-18-7-4-6-16(2)21(18)28-22/h4,6-11,14H,3,5,12-13H2,1-2H3,(H,25,28)(H2,26,27,29). The maximum Gasteiger partial charge on any atom is 0.170 e. The topological polar surface area (TPSA) is 72.8 Å². The van der Waals surface area contributed by atoms with Gasteiger partial charge in [0.25, 0.3) is 0 Å². The number of benzene rings is 2. The van der Waals surface area contributed by atoms with E-state index >= 15 is 0 Å². The van der Waals surface area contributed by atoms with Crippen LogP contribution in [0.2, 0.25) is 0 Å². The summed E-state index contributed by atoms with van der Waals surface area (Å²) in [5.41, 5.74) is 4.86. The molecule has 6 heteroatoms. The van der Waals surface area contributed by atoms with Crippen molar-refractivity contribution in [3.63, 3.8) is 0 Å². The molecule has 3 N–H and O–H groups in total. The van der Waals surface area contributed by atoms with Gasteiger partial charge in [0.1, 0.15) is 11.9 Å². The number of hydrogen-bond donors (Lipinski definition) is 3. The molecule has 1 aromatic heterocycles. The maximum absolute atomic E-state index is 9.43. The molecule has 5 nitrogen and oxygen atoms in total. The first-order valence-electron chi connectivity index (χ1n) is 9.79. The van der Waals surface area contributed by atoms with Crippen molar-refractivity contribution in [2.45, 2.75) is 26.7 Å². The Hall–Kier alpha value is -3.17. The molecule has 3 aromatic rings. The number of aryl methyl sites for hydroxylation is 2. The lowest BCUT2D eigenvalue weighted by molar-refractivity contribution is 0.807. The zero-order valence-electron chi connectivity index (χ0n) is 16.7. The molecule has 0 saturated heterocycles. The van der Waals surface area contributed by atoms with E-state index in [0.717, 1.165) is 41.5 Å². The van der Waals surface area contributed by atoms with Gasteiger partial charge in [-0.05, 0) is 61.3 Å². The second-order valence-electron chi connectivity index (χ2n) is 6.85. The number of aromatic nitrogens is 1. The predicted octanol–water partition coefficient (Wildman–Crippen LogP) is 4.77. The smallest absolute Gasteiger partial charge is 0.170 e. The lowest BCUT2D eigenvalue weighted by Crippen LogP contribution is -2.30. The second kappa shape index (κ2) is 9.85. The van der Waals surface area contributed by atoms with Crippen LogP contribution in [0.1, 0.15) is 30.0 Å². The van der Waals surface area contributed by atoms with Crippen LogP contribution >= 0.6 is 12.2 Å². The fraction of sp³-hybridized carbons (Fsp3) is 0.261. The van der Waals surface area contributed by atoms with E-state index in [2.05, 4.69) is 46.1 Å². The molecule has 0 unspecified atom stereocenters. The molecule has 0 aliphatic rings. The molecule has 3 rings (SSSR count). The summed E-state index contributed by atoms with van der Waals surface area (Å²) in [6, 6.07) is 18.4. The van der Waals surface area contributed by atoms with E-state index in [1.54, 1.807) is 0 Å². The van der Waals surface area contributed by atoms with Gasteiger partial charge >= 0.3 is 0 Å². The number of pyridine rings is 1. The molecule has 0 aliphatic heterocycles. The Kier molecular flexibility index (Phi) is 6.99. The molecule has 0 saturated carbocycles. The van der Waals surface area contributed by atoms with Gasteiger partial charge in [-0.25, -0.2) is 4.98 Å². The molecular weight excluding hydrogens is 378 g/mol. The minimum absolute atomic E-state index is 0.559. The van der Waals surface area contributed by atoms with Gasteiger partial charge in [-0.2, -0.15) is 5.26 Å². The van der Waals surface area contributed by atoms with Crippen LogP contribution in [0.5, 0.6) is 0 Å². The number of thiocarbonyl (C=S) groups is 1. The summed E-state index contributed by atoms with van der Waals surface area (Å²) < 4.78 is 0. The molecule has 0 fully saturated rings. The molecular formula is C23H25N5S. The third kappa shape index (κ3) is 5.43. The largest absolute Gasteiger partial charge is 0.369 e. The van der Waals surface area contributed by atoms with Crippen molar-refractivity contribution in [2.75, 3.05) is 23.7 Å². The van der Waals surface area contributed by atoms with Gasteiger partial charge < -0.3 is 16.0 Å². The highest BCUT2D eigenvalue weighted by atomic mass is 32.1. The molecule has 0 radical (unpaired) electrons. The van der Waals surface area contributed by atoms with Crippen molar-refractivity contribution in [1.29, 1.82) is 5.26 Å². The highest BCUT2D eigenvalue weighted by molar-refractivity contribution is 7.80. The minimum atomic E-state index is 0.559. The Bertz CT molecular complexity index is 1040. The van der Waals surface area contributed by atoms with Crippen LogP contribution in [-0.2, 0) is 6.42 Å². The number of nitriles is 1. The SMILES string of the molecule is CCc1ccc(NC(=S)NCCCNc2nc3c(C)cccc3cc2C#N)cc1. The quantitative estimate of drug-likeness (QED) is 0.390. The molecule has 29 heavy (non-hydrogen) atoms. The van der Waals surface area contributed by atoms with Crippen LogP contribution in [0.3, 0.4) is 0 Å². The summed E-state index contributed by atoms with van der Waals surface area (Å²) in [5.74, 6) is 0.631. The molecule has 0 amide bonds. The first kappa shape index (κ1) is 20.6. The number of para-hydroxylation sites is 1. The normalized spacial score (nSPS) is 10.4. The van der Waals surface area contributed by atoms with E-state index in [0.29, 0.717) is 23.0 Å². The van der Waals surface area contributed by atoms with Crippen LogP contribution in [0.25, 0.3) is 10.9 Å². The second-order valence-corrected chi connectivity index (χ2v) is 7.26. The minimum Gasteiger partial charge on any atom is -0.369 e. The maximum atomic E-state index is 9.43. The number of rotatable bonds is 7. The highest BCUT2D eigenvalue weighted by Crippen LogP contribution is 2.22. The fourth-order valence-electron chi connectivity index (χ4n) is 3.06. The number of nitrogens with zero attached hydrogens (tertiary/aromatic N) is 2. The Morgan fingerprint density at radius 3 is 2.66 bits per heavy atom. The van der Waals surface area contributed by atoms with E-state index in [-0.39, 0.29) is 0 Å². The average molecular weight is 404 g/mol. The van der Waals surface area contributed by atoms with E-state index in [1.165, 1.54) is 5.56 Å². The summed E-state index contributed by atoms with van der Waals surface area (Å²) in [6.07, 6.45) is 1.87. The first-order chi connectivity index (χ1) is 14.1. The van der Waals surface area contributed by atoms with Crippen molar-refractivity contribution in [2.24, 2.45) is 0 Å². The van der Waals surface area contributed by atoms with Gasteiger partial charge in [-0.15, -0.1) is 0 Å². The lowest BCUT2D eigenvalue weighted by Gasteiger charge is -2.12. The summed E-state index contributed by atoms with van der Waals surface area (Å²) in [5, 5.41) is 20.7. The summed E-state index contributed by atoms with van der Waals surface area (Å²) in [7, 11) is 0. The van der Waals surface area contributed by atoms with Crippen LogP contribution in [0.4, 0.5) is 11.5 Å². The van der Waals surface area contributed by atoms with E-state index in [4.69, 9.17) is 12.2 Å². The van der Waals surface area contributed by atoms with Gasteiger partial charge in [0.15, 0.2) is 5.11 Å². The van der Waals surface area contributed by atoms with Gasteiger partial charge in [-0.1, -0.05) is 37.3 Å². The molecule has 0 aliphatic carbocycles. The zero-order chi connectivity index (χ0) is 20.6. The van der Waals surface area contributed by atoms with Crippen LogP contribution in [0, 0.1) is 18.3 Å². The van der Waals surface area contributed by atoms with Gasteiger partial charge in [0, 0.05) is 24.2 Å². The van der Waals surface area contributed by atoms with Crippen LogP contribution < -0.4 is 16.0 Å². The Morgan fingerprint density at radius 2 is 1.93 bits per heavy atom. The number of fused-ring (bicyclic) bond motifs is 1. The van der Waals surface area contributed by atoms with E-state index in [9.17, 15) is 5.26 Å². The first-order valence-corrected chi connectivity index (χ1v) is 10.2. The van der Waals surface area contributed by atoms with Crippen molar-refractivity contribution < 1.29 is 0 Å². The lowest BCUT2D eigenvalue weighted by atomic mass is 10.1. The van der Waals surface area contributed by atoms with Gasteiger partial charge in [0.2, 0.25) is 0 Å². The highest BCUT2D eigenvalue weighted by Gasteiger charge is 2.07. The van der Waals surface area contributed by atoms with E-state index < -0.39 is 0 Å². The van der Waals surface area contributed by atoms with Crippen molar-refractivity contribution in [3.05, 3.63) is 65.2 Å². The van der Waals surface area contributed by atoms with Crippen LogP contribution in [0.15, 0.2) is 48.5 Å². The predicted molar refractivity (Wildman–Crippen MR) is 124 cm³/mol. The molecule has 0 spiro atoms. The zero-order valence-corrected chi connectivity index (χ0v) is 17.6. The Balaban J connectivity index is 1.48. The van der Waals surface area contributed by atoms with Crippen LogP contribution in [-0.4, -0.2) is 23.2 Å². The number of anilines is 2. The molecule has 2 aromatic carbocycles. The van der Waals surface area contributed by atoms with Crippen molar-refractivity contribution >= 4 is 39.7 Å². The third-order valence-corrected chi connectivity index (χ3v) is 4.97. The fourth-order valence-corrected chi connectivity index (χ4v) is 3.28. The molecule has 1 heterocycles. The molecule has 0 bridgehead atoms. The Labute approximate surface area is 177 Å². The number of hydrogen-bond acceptors (Lipinski definition) is 4. The van der Waals surface area contributed by atoms with Crippen molar-refractivity contribution in [1.82, 2.24) is 10.3 Å². The summed E-state index contributed by atoms with van der Waals surface area (Å²) in [4.78, 5) is 4.66. The Morgan fingerprint density at radius 1 is 1.14 bits per heavy atom. The average Bonchev–Trinajstić information content (AvgIpc) is 2.74. The number of nitrogens with one attached hydrogen (secondary N) is 3. The summed E-state index contributed by atoms with van der Waals surface area (Å²) >= 11 is 5.35. The molecule has 148 valence electrons. The molecule has 0 atom stereocenters.